The first-order valence-corrected chi connectivity index (χ1v) is 24.1. The van der Waals surface area contributed by atoms with Crippen molar-refractivity contribution in [2.45, 2.75) is 134 Å². The topological polar surface area (TPSA) is 399 Å². The Morgan fingerprint density at radius 2 is 1.47 bits per heavy atom. The number of imidazole rings is 1. The van der Waals surface area contributed by atoms with Crippen LogP contribution in [0.2, 0.25) is 0 Å². The number of aliphatic imine (C=N–C) groups is 1. The van der Waals surface area contributed by atoms with E-state index in [0.717, 1.165) is 22.9 Å². The van der Waals surface area contributed by atoms with Gasteiger partial charge in [-0.15, -0.1) is 0 Å². The van der Waals surface area contributed by atoms with Crippen molar-refractivity contribution < 1.29 is 53.4 Å². The van der Waals surface area contributed by atoms with Crippen molar-refractivity contribution in [1.29, 1.82) is 0 Å². The second-order valence-electron chi connectivity index (χ2n) is 18.3. The van der Waals surface area contributed by atoms with E-state index in [1.807, 2.05) is 38.1 Å². The highest BCUT2D eigenvalue weighted by Crippen LogP contribution is 2.20. The number of nitrogens with one attached hydrogen (secondary N) is 10. The number of H-pyrrole nitrogens is 2. The first kappa shape index (κ1) is 57.0. The highest BCUT2D eigenvalue weighted by molar-refractivity contribution is 5.98. The summed E-state index contributed by atoms with van der Waals surface area (Å²) in [5.41, 5.74) is 13.1. The Kier molecular flexibility index (Phi) is 22.4. The maximum absolute atomic E-state index is 14.4. The van der Waals surface area contributed by atoms with Crippen molar-refractivity contribution in [2.24, 2.45) is 28.3 Å². The summed E-state index contributed by atoms with van der Waals surface area (Å²) in [5, 5.41) is 40.9. The molecule has 4 rings (SSSR count). The average Bonchev–Trinajstić information content (AvgIpc) is 4.15. The van der Waals surface area contributed by atoms with Gasteiger partial charge in [-0.25, -0.2) is 9.78 Å². The van der Waals surface area contributed by atoms with Crippen LogP contribution < -0.4 is 54.0 Å². The molecule has 8 atom stereocenters. The van der Waals surface area contributed by atoms with Gasteiger partial charge in [0.05, 0.1) is 18.9 Å². The van der Waals surface area contributed by atoms with E-state index in [1.54, 1.807) is 20.0 Å². The molecule has 0 spiro atoms. The number of aromatic amines is 2. The van der Waals surface area contributed by atoms with E-state index >= 15 is 0 Å². The zero-order valence-electron chi connectivity index (χ0n) is 41.0. The molecule has 2 aromatic heterocycles. The number of benzene rings is 1. The molecular formula is C47H70N14O11. The fourth-order valence-electron chi connectivity index (χ4n) is 8.03. The summed E-state index contributed by atoms with van der Waals surface area (Å²) < 4.78 is 0. The number of rotatable bonds is 30. The average molecular weight is 1010 g/mol. The highest BCUT2D eigenvalue weighted by atomic mass is 16.4. The quantitative estimate of drug-likeness (QED) is 0.0206. The van der Waals surface area contributed by atoms with E-state index < -0.39 is 115 Å². The molecule has 0 bridgehead atoms. The lowest BCUT2D eigenvalue weighted by molar-refractivity contribution is -0.143. The van der Waals surface area contributed by atoms with Gasteiger partial charge in [-0.05, 0) is 68.5 Å². The molecular weight excluding hydrogens is 937 g/mol. The fourth-order valence-corrected chi connectivity index (χ4v) is 8.03. The van der Waals surface area contributed by atoms with Crippen LogP contribution in [0.4, 0.5) is 0 Å². The summed E-state index contributed by atoms with van der Waals surface area (Å²) >= 11 is 0. The molecule has 25 nitrogen and oxygen atoms in total. The molecule has 1 saturated heterocycles. The Morgan fingerprint density at radius 1 is 0.792 bits per heavy atom. The van der Waals surface area contributed by atoms with Gasteiger partial charge in [-0.1, -0.05) is 52.3 Å². The molecule has 1 aliphatic heterocycles. The van der Waals surface area contributed by atoms with Crippen LogP contribution in [-0.4, -0.2) is 146 Å². The van der Waals surface area contributed by atoms with Crippen LogP contribution in [0.5, 0.6) is 0 Å². The number of carbonyl (C=O) groups excluding carboxylic acids is 7. The van der Waals surface area contributed by atoms with Gasteiger partial charge in [-0.2, -0.15) is 0 Å². The molecule has 3 aromatic rings. The number of aromatic nitrogens is 3. The molecule has 1 aliphatic rings. The second-order valence-corrected chi connectivity index (χ2v) is 18.3. The molecule has 394 valence electrons. The molecule has 0 aliphatic carbocycles. The minimum absolute atomic E-state index is 0.0555. The largest absolute Gasteiger partial charge is 0.481 e. The van der Waals surface area contributed by atoms with Crippen LogP contribution in [0.3, 0.4) is 0 Å². The molecule has 3 heterocycles. The summed E-state index contributed by atoms with van der Waals surface area (Å²) in [4.78, 5) is 134. The number of nitrogens with two attached hydrogens (primary N) is 2. The van der Waals surface area contributed by atoms with E-state index in [-0.39, 0.29) is 56.4 Å². The van der Waals surface area contributed by atoms with Gasteiger partial charge in [0, 0.05) is 54.8 Å². The van der Waals surface area contributed by atoms with Gasteiger partial charge >= 0.3 is 11.9 Å². The molecule has 72 heavy (non-hydrogen) atoms. The van der Waals surface area contributed by atoms with E-state index in [4.69, 9.17) is 16.6 Å². The molecule has 16 N–H and O–H groups in total. The Bertz CT molecular complexity index is 2360. The SMILES string of the molecule is CC[C@H](C)[C@H](NC(=O)[C@H](CC(C)C)NC(=O)[C@H](Cc1c[nH]c2ccccc12)NC(=O)[C@@H]1CCCN1)C(=O)N[C@@H](CCCN=C(N)N)C(=O)N[C@@H](Cc1cnc[nH]1)C(=O)NCC(=O)N[C@@H](CCC(=O)O)C(=O)O. The van der Waals surface area contributed by atoms with Gasteiger partial charge in [0.25, 0.3) is 0 Å². The third-order valence-corrected chi connectivity index (χ3v) is 12.1. The lowest BCUT2D eigenvalue weighted by atomic mass is 9.95. The van der Waals surface area contributed by atoms with Gasteiger partial charge in [0.15, 0.2) is 5.96 Å². The summed E-state index contributed by atoms with van der Waals surface area (Å²) in [6.07, 6.45) is 5.54. The summed E-state index contributed by atoms with van der Waals surface area (Å²) in [6, 6.07) is -0.725. The predicted molar refractivity (Wildman–Crippen MR) is 263 cm³/mol. The third-order valence-electron chi connectivity index (χ3n) is 12.1. The zero-order valence-corrected chi connectivity index (χ0v) is 41.0. The zero-order chi connectivity index (χ0) is 52.9. The molecule has 1 aromatic carbocycles. The van der Waals surface area contributed by atoms with E-state index in [2.05, 4.69) is 62.5 Å². The smallest absolute Gasteiger partial charge is 0.326 e. The molecule has 1 fully saturated rings. The molecule has 0 saturated carbocycles. The minimum Gasteiger partial charge on any atom is -0.481 e. The van der Waals surface area contributed by atoms with E-state index in [0.29, 0.717) is 25.1 Å². The molecule has 0 unspecified atom stereocenters. The number of para-hydroxylation sites is 1. The number of carbonyl (C=O) groups is 9. The Labute approximate surface area is 416 Å². The first-order valence-electron chi connectivity index (χ1n) is 24.1. The van der Waals surface area contributed by atoms with Crippen LogP contribution in [0, 0.1) is 11.8 Å². The highest BCUT2D eigenvalue weighted by Gasteiger charge is 2.36. The third kappa shape index (κ3) is 18.3. The standard InChI is InChI=1S/C47H70N14O11/c1-5-26(4)39(61-44(69)34(18-25(2)3)58-43(68)35(59-41(66)31-12-8-16-51-31)19-27-21-53-30-11-7-6-10-29(27)30)45(70)57-32(13-9-17-52-47(48)49)42(67)60-36(20-28-22-50-24-55-28)40(65)54-23-37(62)56-33(46(71)72)14-15-38(63)64/h6-7,10-11,21-22,24-26,31-36,39,51,53H,5,8-9,12-20,23H2,1-4H3,(H,50,55)(H,54,65)(H,56,62)(H,57,70)(H,58,68)(H,59,66)(H,60,67)(H,61,69)(H,63,64)(H,71,72)(H4,48,49,52)/t26-,31-,32-,33-,34-,35-,36-,39-/m0/s1. The lowest BCUT2D eigenvalue weighted by Gasteiger charge is -2.30. The summed E-state index contributed by atoms with van der Waals surface area (Å²) in [5.74, 6) is -8.66. The van der Waals surface area contributed by atoms with Gasteiger partial charge in [0.2, 0.25) is 41.4 Å². The maximum atomic E-state index is 14.4. The first-order chi connectivity index (χ1) is 34.3. The van der Waals surface area contributed by atoms with Crippen LogP contribution in [0.25, 0.3) is 10.9 Å². The number of hydrogen-bond acceptors (Lipinski definition) is 12. The van der Waals surface area contributed by atoms with Crippen LogP contribution >= 0.6 is 0 Å². The van der Waals surface area contributed by atoms with Crippen LogP contribution in [0.15, 0.2) is 48.0 Å². The normalized spacial score (nSPS) is 16.2. The number of fused-ring (bicyclic) bond motifs is 1. The Morgan fingerprint density at radius 3 is 2.11 bits per heavy atom. The summed E-state index contributed by atoms with van der Waals surface area (Å²) in [6.45, 7) is 7.23. The number of aliphatic carboxylic acids is 2. The van der Waals surface area contributed by atoms with Crippen molar-refractivity contribution >= 4 is 70.2 Å². The number of carboxylic acids is 2. The van der Waals surface area contributed by atoms with Crippen molar-refractivity contribution in [3.05, 3.63) is 54.2 Å². The Balaban J connectivity index is 1.54. The number of amides is 7. The molecule has 7 amide bonds. The Hall–Kier alpha value is -7.57. The van der Waals surface area contributed by atoms with Gasteiger partial charge < -0.3 is 74.2 Å². The lowest BCUT2D eigenvalue weighted by Crippen LogP contribution is -2.61. The van der Waals surface area contributed by atoms with Crippen LogP contribution in [-0.2, 0) is 56.0 Å². The number of guanidine groups is 1. The van der Waals surface area contributed by atoms with E-state index in [9.17, 15) is 48.3 Å². The fraction of sp³-hybridized carbons (Fsp3) is 0.553. The maximum Gasteiger partial charge on any atom is 0.326 e. The van der Waals surface area contributed by atoms with Gasteiger partial charge in [0.1, 0.15) is 36.3 Å². The molecule has 25 heteroatoms. The van der Waals surface area contributed by atoms with Crippen molar-refractivity contribution in [3.8, 4) is 0 Å². The van der Waals surface area contributed by atoms with Crippen LogP contribution in [0.1, 0.15) is 90.3 Å². The van der Waals surface area contributed by atoms with Crippen molar-refractivity contribution in [2.75, 3.05) is 19.6 Å². The number of hydrogen-bond donors (Lipinski definition) is 14. The minimum atomic E-state index is -1.55. The number of nitrogens with zero attached hydrogens (tertiary/aromatic N) is 2. The van der Waals surface area contributed by atoms with E-state index in [1.165, 1.54) is 12.5 Å². The molecule has 0 radical (unpaired) electrons. The number of carboxylic acid groups (broad SMARTS) is 2. The predicted octanol–water partition coefficient (Wildman–Crippen LogP) is -1.45. The second kappa shape index (κ2) is 28.3. The monoisotopic (exact) mass is 1010 g/mol. The summed E-state index contributed by atoms with van der Waals surface area (Å²) in [7, 11) is 0. The van der Waals surface area contributed by atoms with Crippen molar-refractivity contribution in [1.82, 2.24) is 57.5 Å². The van der Waals surface area contributed by atoms with Gasteiger partial charge in [-0.3, -0.25) is 43.3 Å². The van der Waals surface area contributed by atoms with Crippen molar-refractivity contribution in [3.63, 3.8) is 0 Å².